The third-order valence-corrected chi connectivity index (χ3v) is 2.66. The van der Waals surface area contributed by atoms with Gasteiger partial charge in [-0.25, -0.2) is 0 Å². The molecule has 88 valence electrons. The van der Waals surface area contributed by atoms with Gasteiger partial charge in [-0.3, -0.25) is 4.79 Å². The molecule has 2 rings (SSSR count). The number of carbonyl (C=O) groups excluding carboxylic acids is 1. The van der Waals surface area contributed by atoms with E-state index in [-0.39, 0.29) is 0 Å². The number of methoxy groups -OCH3 is 1. The molecule has 1 aromatic carbocycles. The van der Waals surface area contributed by atoms with E-state index in [9.17, 15) is 4.79 Å². The first kappa shape index (κ1) is 11.3. The second-order valence-corrected chi connectivity index (χ2v) is 3.82. The van der Waals surface area contributed by atoms with Crippen molar-refractivity contribution >= 4 is 5.91 Å². The van der Waals surface area contributed by atoms with Crippen molar-refractivity contribution in [3.63, 3.8) is 0 Å². The number of aromatic amines is 1. The maximum absolute atomic E-state index is 11.2. The van der Waals surface area contributed by atoms with Gasteiger partial charge in [0.25, 0.3) is 5.91 Å². The van der Waals surface area contributed by atoms with Crippen LogP contribution in [-0.4, -0.2) is 18.0 Å². The molecule has 3 N–H and O–H groups in total. The van der Waals surface area contributed by atoms with Crippen LogP contribution in [0.5, 0.6) is 5.75 Å². The molecule has 1 amide bonds. The number of hydrogen-bond acceptors (Lipinski definition) is 2. The number of benzene rings is 1. The number of nitrogens with two attached hydrogens (primary N) is 1. The van der Waals surface area contributed by atoms with Crippen LogP contribution in [0.25, 0.3) is 11.3 Å². The summed E-state index contributed by atoms with van der Waals surface area (Å²) in [4.78, 5) is 14.3. The summed E-state index contributed by atoms with van der Waals surface area (Å²) in [6.07, 6.45) is 0. The van der Waals surface area contributed by atoms with Crippen LogP contribution in [0.1, 0.15) is 16.1 Å². The lowest BCUT2D eigenvalue weighted by Crippen LogP contribution is -2.10. The third-order valence-electron chi connectivity index (χ3n) is 2.66. The van der Waals surface area contributed by atoms with Crippen molar-refractivity contribution < 1.29 is 9.53 Å². The average molecular weight is 230 g/mol. The highest BCUT2D eigenvalue weighted by atomic mass is 16.5. The van der Waals surface area contributed by atoms with Crippen molar-refractivity contribution in [3.8, 4) is 17.0 Å². The molecule has 4 heteroatoms. The predicted octanol–water partition coefficient (Wildman–Crippen LogP) is 2.10. The van der Waals surface area contributed by atoms with E-state index in [0.29, 0.717) is 5.56 Å². The van der Waals surface area contributed by atoms with E-state index in [1.807, 2.05) is 31.2 Å². The molecule has 0 atom stereocenters. The summed E-state index contributed by atoms with van der Waals surface area (Å²) in [5, 5.41) is 0. The number of amides is 1. The summed E-state index contributed by atoms with van der Waals surface area (Å²) < 4.78 is 5.16. The van der Waals surface area contributed by atoms with Gasteiger partial charge in [0.15, 0.2) is 0 Å². The first-order valence-corrected chi connectivity index (χ1v) is 5.25. The second kappa shape index (κ2) is 4.33. The maximum atomic E-state index is 11.2. The number of aromatic nitrogens is 1. The Labute approximate surface area is 99.4 Å². The molecule has 0 aliphatic heterocycles. The van der Waals surface area contributed by atoms with Crippen LogP contribution in [0.4, 0.5) is 0 Å². The maximum Gasteiger partial charge on any atom is 0.250 e. The molecule has 0 saturated carbocycles. The van der Waals surface area contributed by atoms with Crippen molar-refractivity contribution in [1.29, 1.82) is 0 Å². The molecule has 17 heavy (non-hydrogen) atoms. The van der Waals surface area contributed by atoms with Crippen LogP contribution in [0.15, 0.2) is 30.3 Å². The number of primary amides is 1. The Morgan fingerprint density at radius 2 is 2.12 bits per heavy atom. The summed E-state index contributed by atoms with van der Waals surface area (Å²) in [7, 11) is 1.62. The van der Waals surface area contributed by atoms with Crippen LogP contribution in [0.2, 0.25) is 0 Å². The SMILES string of the molecule is COc1cccc(-c2cc(C(N)=O)c(C)[nH]2)c1. The highest BCUT2D eigenvalue weighted by Crippen LogP contribution is 2.24. The van der Waals surface area contributed by atoms with Crippen LogP contribution in [0, 0.1) is 6.92 Å². The molecule has 1 heterocycles. The van der Waals surface area contributed by atoms with Crippen LogP contribution < -0.4 is 10.5 Å². The Morgan fingerprint density at radius 3 is 2.71 bits per heavy atom. The molecule has 0 spiro atoms. The fraction of sp³-hybridized carbons (Fsp3) is 0.154. The van der Waals surface area contributed by atoms with Gasteiger partial charge in [0.05, 0.1) is 12.7 Å². The Bertz CT molecular complexity index is 558. The highest BCUT2D eigenvalue weighted by Gasteiger charge is 2.10. The highest BCUT2D eigenvalue weighted by molar-refractivity contribution is 5.95. The molecule has 0 saturated heterocycles. The molecular weight excluding hydrogens is 216 g/mol. The van der Waals surface area contributed by atoms with E-state index in [1.54, 1.807) is 13.2 Å². The normalized spacial score (nSPS) is 10.2. The average Bonchev–Trinajstić information content (AvgIpc) is 2.71. The van der Waals surface area contributed by atoms with Gasteiger partial charge in [-0.05, 0) is 25.1 Å². The van der Waals surface area contributed by atoms with Gasteiger partial charge in [0, 0.05) is 17.0 Å². The minimum absolute atomic E-state index is 0.423. The summed E-state index contributed by atoms with van der Waals surface area (Å²) in [6, 6.07) is 9.36. The molecule has 1 aromatic heterocycles. The molecule has 0 radical (unpaired) electrons. The third kappa shape index (κ3) is 2.15. The first-order valence-electron chi connectivity index (χ1n) is 5.25. The van der Waals surface area contributed by atoms with Crippen molar-refractivity contribution in [2.45, 2.75) is 6.92 Å². The predicted molar refractivity (Wildman–Crippen MR) is 66.0 cm³/mol. The van der Waals surface area contributed by atoms with Crippen LogP contribution in [-0.2, 0) is 0 Å². The molecule has 0 aliphatic carbocycles. The Kier molecular flexibility index (Phi) is 2.87. The van der Waals surface area contributed by atoms with Crippen molar-refractivity contribution in [2.75, 3.05) is 7.11 Å². The lowest BCUT2D eigenvalue weighted by Gasteiger charge is -2.02. The van der Waals surface area contributed by atoms with E-state index >= 15 is 0 Å². The number of H-pyrrole nitrogens is 1. The Hall–Kier alpha value is -2.23. The number of rotatable bonds is 3. The number of aryl methyl sites for hydroxylation is 1. The summed E-state index contributed by atoms with van der Waals surface area (Å²) in [5.41, 5.74) is 8.38. The Balaban J connectivity index is 2.46. The van der Waals surface area contributed by atoms with Gasteiger partial charge in [-0.1, -0.05) is 12.1 Å². The van der Waals surface area contributed by atoms with E-state index in [1.165, 1.54) is 0 Å². The van der Waals surface area contributed by atoms with E-state index in [2.05, 4.69) is 4.98 Å². The van der Waals surface area contributed by atoms with Gasteiger partial charge in [-0.2, -0.15) is 0 Å². The fourth-order valence-corrected chi connectivity index (χ4v) is 1.76. The van der Waals surface area contributed by atoms with Crippen molar-refractivity contribution in [3.05, 3.63) is 41.6 Å². The monoisotopic (exact) mass is 230 g/mol. The van der Waals surface area contributed by atoms with Crippen LogP contribution >= 0.6 is 0 Å². The van der Waals surface area contributed by atoms with E-state index < -0.39 is 5.91 Å². The topological polar surface area (TPSA) is 68.1 Å². The van der Waals surface area contributed by atoms with E-state index in [4.69, 9.17) is 10.5 Å². The van der Waals surface area contributed by atoms with Gasteiger partial charge < -0.3 is 15.5 Å². The summed E-state index contributed by atoms with van der Waals surface area (Å²) >= 11 is 0. The van der Waals surface area contributed by atoms with Gasteiger partial charge in [-0.15, -0.1) is 0 Å². The number of hydrogen-bond donors (Lipinski definition) is 2. The molecule has 4 nitrogen and oxygen atoms in total. The first-order chi connectivity index (χ1) is 8.11. The smallest absolute Gasteiger partial charge is 0.250 e. The number of carbonyl (C=O) groups is 1. The fourth-order valence-electron chi connectivity index (χ4n) is 1.76. The lowest BCUT2D eigenvalue weighted by molar-refractivity contribution is 0.1000. The zero-order valence-corrected chi connectivity index (χ0v) is 9.78. The molecule has 2 aromatic rings. The molecular formula is C13H14N2O2. The molecule has 0 aliphatic rings. The van der Waals surface area contributed by atoms with Crippen LogP contribution in [0.3, 0.4) is 0 Å². The van der Waals surface area contributed by atoms with Gasteiger partial charge in [0.2, 0.25) is 0 Å². The minimum atomic E-state index is -0.423. The lowest BCUT2D eigenvalue weighted by atomic mass is 10.1. The van der Waals surface area contributed by atoms with Gasteiger partial charge >= 0.3 is 0 Å². The molecule has 0 unspecified atom stereocenters. The molecule has 0 bridgehead atoms. The minimum Gasteiger partial charge on any atom is -0.497 e. The summed E-state index contributed by atoms with van der Waals surface area (Å²) in [5.74, 6) is 0.350. The standard InChI is InChI=1S/C13H14N2O2/c1-8-11(13(14)16)7-12(15-8)9-4-3-5-10(6-9)17-2/h3-7,15H,1-2H3,(H2,14,16). The Morgan fingerprint density at radius 1 is 1.35 bits per heavy atom. The molecule has 0 fully saturated rings. The van der Waals surface area contributed by atoms with E-state index in [0.717, 1.165) is 22.7 Å². The summed E-state index contributed by atoms with van der Waals surface area (Å²) in [6.45, 7) is 1.82. The number of ether oxygens (including phenoxy) is 1. The van der Waals surface area contributed by atoms with Crippen molar-refractivity contribution in [1.82, 2.24) is 4.98 Å². The quantitative estimate of drug-likeness (QED) is 0.847. The van der Waals surface area contributed by atoms with Gasteiger partial charge in [0.1, 0.15) is 5.75 Å². The zero-order valence-electron chi connectivity index (χ0n) is 9.78. The van der Waals surface area contributed by atoms with Crippen molar-refractivity contribution in [2.24, 2.45) is 5.73 Å². The largest absolute Gasteiger partial charge is 0.497 e. The second-order valence-electron chi connectivity index (χ2n) is 3.82. The number of nitrogens with one attached hydrogen (secondary N) is 1. The zero-order chi connectivity index (χ0) is 12.4.